The molecule has 5 heteroatoms. The van der Waals surface area contributed by atoms with Gasteiger partial charge in [-0.3, -0.25) is 9.59 Å². The molecule has 1 aromatic carbocycles. The Balaban J connectivity index is 1.62. The van der Waals surface area contributed by atoms with Crippen molar-refractivity contribution in [2.45, 2.75) is 50.6 Å². The molecule has 3 N–H and O–H groups in total. The molecule has 1 saturated heterocycles. The first-order valence-corrected chi connectivity index (χ1v) is 8.10. The summed E-state index contributed by atoms with van der Waals surface area (Å²) in [6, 6.07) is 7.45. The zero-order chi connectivity index (χ0) is 15.6. The van der Waals surface area contributed by atoms with Crippen LogP contribution in [0.5, 0.6) is 0 Å². The molecule has 1 aliphatic carbocycles. The summed E-state index contributed by atoms with van der Waals surface area (Å²) in [6.07, 6.45) is 4.83. The second-order valence-corrected chi connectivity index (χ2v) is 6.25. The minimum Gasteiger partial charge on any atom is -0.349 e. The predicted octanol–water partition coefficient (Wildman–Crippen LogP) is 2.05. The second kappa shape index (κ2) is 6.08. The molecule has 5 nitrogen and oxygen atoms in total. The number of rotatable bonds is 5. The van der Waals surface area contributed by atoms with Gasteiger partial charge in [0, 0.05) is 17.3 Å². The molecule has 1 aliphatic heterocycles. The Bertz CT molecular complexity index is 558. The van der Waals surface area contributed by atoms with E-state index in [1.165, 1.54) is 0 Å². The fourth-order valence-electron chi connectivity index (χ4n) is 2.91. The molecule has 2 aliphatic rings. The number of amides is 2. The summed E-state index contributed by atoms with van der Waals surface area (Å²) in [5.74, 6) is -0.0226. The topological polar surface area (TPSA) is 70.2 Å². The number of benzene rings is 1. The molecule has 1 unspecified atom stereocenters. The van der Waals surface area contributed by atoms with Crippen LogP contribution in [0.2, 0.25) is 0 Å². The Morgan fingerprint density at radius 2 is 2.00 bits per heavy atom. The average Bonchev–Trinajstić information content (AvgIpc) is 3.20. The Morgan fingerprint density at radius 3 is 2.55 bits per heavy atom. The molecule has 0 spiro atoms. The van der Waals surface area contributed by atoms with Gasteiger partial charge in [-0.25, -0.2) is 0 Å². The standard InChI is InChI=1S/C17H23N3O2/c1-2-17(10-3-11-18-17)16(22)20-14-6-4-12(5-7-14)15(21)19-13-8-9-13/h4-7,13,18H,2-3,8-11H2,1H3,(H,19,21)(H,20,22). The van der Waals surface area contributed by atoms with Gasteiger partial charge in [0.25, 0.3) is 5.91 Å². The van der Waals surface area contributed by atoms with Crippen molar-refractivity contribution in [3.05, 3.63) is 29.8 Å². The normalized spacial score (nSPS) is 24.0. The summed E-state index contributed by atoms with van der Waals surface area (Å²) in [5.41, 5.74) is 0.922. The number of carbonyl (C=O) groups excluding carboxylic acids is 2. The SMILES string of the molecule is CCC1(C(=O)Nc2ccc(C(=O)NC3CC3)cc2)CCCN1. The van der Waals surface area contributed by atoms with Crippen LogP contribution in [0.4, 0.5) is 5.69 Å². The summed E-state index contributed by atoms with van der Waals surface area (Å²) in [7, 11) is 0. The van der Waals surface area contributed by atoms with E-state index in [0.29, 0.717) is 11.6 Å². The Morgan fingerprint density at radius 1 is 1.27 bits per heavy atom. The first-order chi connectivity index (χ1) is 10.6. The molecule has 0 aromatic heterocycles. The van der Waals surface area contributed by atoms with Crippen molar-refractivity contribution in [2.75, 3.05) is 11.9 Å². The summed E-state index contributed by atoms with van der Waals surface area (Å²) in [5, 5.41) is 9.24. The van der Waals surface area contributed by atoms with Crippen molar-refractivity contribution in [1.29, 1.82) is 0 Å². The zero-order valence-corrected chi connectivity index (χ0v) is 12.9. The van der Waals surface area contributed by atoms with E-state index in [0.717, 1.165) is 44.3 Å². The first-order valence-electron chi connectivity index (χ1n) is 8.10. The van der Waals surface area contributed by atoms with Crippen molar-refractivity contribution >= 4 is 17.5 Å². The van der Waals surface area contributed by atoms with Gasteiger partial charge < -0.3 is 16.0 Å². The van der Waals surface area contributed by atoms with E-state index in [2.05, 4.69) is 16.0 Å². The zero-order valence-electron chi connectivity index (χ0n) is 12.9. The lowest BCUT2D eigenvalue weighted by Gasteiger charge is -2.26. The number of hydrogen-bond donors (Lipinski definition) is 3. The van der Waals surface area contributed by atoms with Gasteiger partial charge in [-0.05, 0) is 62.9 Å². The molecule has 118 valence electrons. The lowest BCUT2D eigenvalue weighted by Crippen LogP contribution is -2.50. The van der Waals surface area contributed by atoms with Gasteiger partial charge in [0.2, 0.25) is 5.91 Å². The van der Waals surface area contributed by atoms with E-state index in [4.69, 9.17) is 0 Å². The lowest BCUT2D eigenvalue weighted by atomic mass is 9.93. The molecule has 1 saturated carbocycles. The van der Waals surface area contributed by atoms with Crippen LogP contribution >= 0.6 is 0 Å². The molecule has 3 rings (SSSR count). The fraction of sp³-hybridized carbons (Fsp3) is 0.529. The van der Waals surface area contributed by atoms with E-state index in [1.54, 1.807) is 24.3 Å². The Kier molecular flexibility index (Phi) is 4.16. The maximum Gasteiger partial charge on any atom is 0.251 e. The van der Waals surface area contributed by atoms with Crippen LogP contribution in [0.3, 0.4) is 0 Å². The summed E-state index contributed by atoms with van der Waals surface area (Å²) in [6.45, 7) is 2.92. The molecule has 0 bridgehead atoms. The number of carbonyl (C=O) groups is 2. The average molecular weight is 301 g/mol. The summed E-state index contributed by atoms with van der Waals surface area (Å²) in [4.78, 5) is 24.4. The van der Waals surface area contributed by atoms with E-state index in [1.807, 2.05) is 6.92 Å². The van der Waals surface area contributed by atoms with Crippen molar-refractivity contribution in [3.8, 4) is 0 Å². The molecular formula is C17H23N3O2. The Hall–Kier alpha value is -1.88. The predicted molar refractivity (Wildman–Crippen MR) is 85.8 cm³/mol. The molecule has 22 heavy (non-hydrogen) atoms. The first kappa shape index (κ1) is 15.0. The summed E-state index contributed by atoms with van der Waals surface area (Å²) >= 11 is 0. The molecule has 2 amide bonds. The van der Waals surface area contributed by atoms with Gasteiger partial charge in [-0.1, -0.05) is 6.92 Å². The highest BCUT2D eigenvalue weighted by molar-refractivity contribution is 5.99. The maximum absolute atomic E-state index is 12.5. The lowest BCUT2D eigenvalue weighted by molar-refractivity contribution is -0.122. The van der Waals surface area contributed by atoms with Crippen LogP contribution in [0.25, 0.3) is 0 Å². The molecule has 1 aromatic rings. The highest BCUT2D eigenvalue weighted by atomic mass is 16.2. The minimum atomic E-state index is -0.442. The van der Waals surface area contributed by atoms with Crippen LogP contribution in [0.15, 0.2) is 24.3 Å². The van der Waals surface area contributed by atoms with Crippen molar-refractivity contribution in [1.82, 2.24) is 10.6 Å². The quantitative estimate of drug-likeness (QED) is 0.779. The molecule has 1 atom stereocenters. The number of anilines is 1. The minimum absolute atomic E-state index is 0.0164. The monoisotopic (exact) mass is 301 g/mol. The van der Waals surface area contributed by atoms with Gasteiger partial charge in [-0.2, -0.15) is 0 Å². The maximum atomic E-state index is 12.5. The van der Waals surface area contributed by atoms with Gasteiger partial charge in [0.05, 0.1) is 5.54 Å². The van der Waals surface area contributed by atoms with E-state index in [-0.39, 0.29) is 11.8 Å². The van der Waals surface area contributed by atoms with Crippen molar-refractivity contribution in [3.63, 3.8) is 0 Å². The second-order valence-electron chi connectivity index (χ2n) is 6.25. The molecule has 0 radical (unpaired) electrons. The molecule has 1 heterocycles. The highest BCUT2D eigenvalue weighted by Gasteiger charge is 2.39. The van der Waals surface area contributed by atoms with E-state index < -0.39 is 5.54 Å². The van der Waals surface area contributed by atoms with E-state index in [9.17, 15) is 9.59 Å². The largest absolute Gasteiger partial charge is 0.349 e. The van der Waals surface area contributed by atoms with Crippen LogP contribution in [0, 0.1) is 0 Å². The fourth-order valence-corrected chi connectivity index (χ4v) is 2.91. The van der Waals surface area contributed by atoms with Gasteiger partial charge in [-0.15, -0.1) is 0 Å². The van der Waals surface area contributed by atoms with Crippen molar-refractivity contribution < 1.29 is 9.59 Å². The van der Waals surface area contributed by atoms with Gasteiger partial charge in [0.1, 0.15) is 0 Å². The third-order valence-corrected chi connectivity index (χ3v) is 4.60. The number of nitrogens with one attached hydrogen (secondary N) is 3. The van der Waals surface area contributed by atoms with Crippen LogP contribution in [-0.2, 0) is 4.79 Å². The van der Waals surface area contributed by atoms with Crippen LogP contribution < -0.4 is 16.0 Å². The number of hydrogen-bond acceptors (Lipinski definition) is 3. The third kappa shape index (κ3) is 3.14. The smallest absolute Gasteiger partial charge is 0.251 e. The van der Waals surface area contributed by atoms with E-state index >= 15 is 0 Å². The van der Waals surface area contributed by atoms with Crippen molar-refractivity contribution in [2.24, 2.45) is 0 Å². The molecule has 2 fully saturated rings. The van der Waals surface area contributed by atoms with Crippen LogP contribution in [0.1, 0.15) is 49.4 Å². The highest BCUT2D eigenvalue weighted by Crippen LogP contribution is 2.25. The third-order valence-electron chi connectivity index (χ3n) is 4.60. The Labute approximate surface area is 130 Å². The summed E-state index contributed by atoms with van der Waals surface area (Å²) < 4.78 is 0. The van der Waals surface area contributed by atoms with Gasteiger partial charge in [0.15, 0.2) is 0 Å². The van der Waals surface area contributed by atoms with Crippen LogP contribution in [-0.4, -0.2) is 29.9 Å². The van der Waals surface area contributed by atoms with Gasteiger partial charge >= 0.3 is 0 Å². The molecular weight excluding hydrogens is 278 g/mol.